The maximum atomic E-state index is 12.7. The molecule has 0 saturated carbocycles. The summed E-state index contributed by atoms with van der Waals surface area (Å²) in [6, 6.07) is 12.1. The third-order valence-electron chi connectivity index (χ3n) is 4.44. The molecule has 2 amide bonds. The number of aromatic nitrogens is 1. The van der Waals surface area contributed by atoms with Crippen molar-refractivity contribution in [2.75, 3.05) is 11.6 Å². The molecule has 11 heteroatoms. The number of rotatable bonds is 6. The lowest BCUT2D eigenvalue weighted by Crippen LogP contribution is -2.14. The van der Waals surface area contributed by atoms with Crippen LogP contribution in [0.2, 0.25) is 10.0 Å². The molecule has 0 atom stereocenters. The van der Waals surface area contributed by atoms with Crippen LogP contribution >= 0.6 is 23.2 Å². The number of carbonyl (C=O) groups excluding carboxylic acids is 2. The van der Waals surface area contributed by atoms with Gasteiger partial charge in [-0.1, -0.05) is 29.3 Å². The van der Waals surface area contributed by atoms with Gasteiger partial charge in [-0.25, -0.2) is 13.9 Å². The Morgan fingerprint density at radius 1 is 1.03 bits per heavy atom. The number of pyridine rings is 1. The van der Waals surface area contributed by atoms with E-state index in [9.17, 15) is 18.0 Å². The Morgan fingerprint density at radius 2 is 1.79 bits per heavy atom. The Labute approximate surface area is 199 Å². The normalized spacial score (nSPS) is 11.4. The van der Waals surface area contributed by atoms with Crippen molar-refractivity contribution in [3.05, 3.63) is 82.0 Å². The fraction of sp³-hybridized carbons (Fsp3) is 0.0455. The molecule has 0 spiro atoms. The summed E-state index contributed by atoms with van der Waals surface area (Å²) in [5.74, 6) is -1.19. The first-order valence-corrected chi connectivity index (χ1v) is 11.9. The van der Waals surface area contributed by atoms with E-state index < -0.39 is 21.7 Å². The van der Waals surface area contributed by atoms with E-state index in [0.717, 1.165) is 12.3 Å². The van der Waals surface area contributed by atoms with Crippen molar-refractivity contribution in [1.29, 1.82) is 0 Å². The van der Waals surface area contributed by atoms with E-state index in [1.165, 1.54) is 36.0 Å². The van der Waals surface area contributed by atoms with Gasteiger partial charge in [-0.05, 0) is 54.1 Å². The van der Waals surface area contributed by atoms with E-state index in [4.69, 9.17) is 28.4 Å². The SMILES string of the molecule is CS(=O)(=O)c1ccc(C(=O)Nc2ccc(Cl)c(-c3ccc(/C=C/C(=O)NO)cn3)c2)c(Cl)c1. The Bertz CT molecular complexity index is 1360. The van der Waals surface area contributed by atoms with Crippen LogP contribution in [-0.4, -0.2) is 36.7 Å². The second-order valence-electron chi connectivity index (χ2n) is 6.85. The predicted octanol–water partition coefficient (Wildman–Crippen LogP) is 4.23. The summed E-state index contributed by atoms with van der Waals surface area (Å²) in [6.45, 7) is 0. The Morgan fingerprint density at radius 3 is 2.39 bits per heavy atom. The van der Waals surface area contributed by atoms with E-state index >= 15 is 0 Å². The highest BCUT2D eigenvalue weighted by atomic mass is 35.5. The van der Waals surface area contributed by atoms with Gasteiger partial charge in [0.15, 0.2) is 9.84 Å². The van der Waals surface area contributed by atoms with Gasteiger partial charge >= 0.3 is 0 Å². The Balaban J connectivity index is 1.83. The number of sulfone groups is 1. The maximum Gasteiger partial charge on any atom is 0.267 e. The number of nitrogens with zero attached hydrogens (tertiary/aromatic N) is 1. The summed E-state index contributed by atoms with van der Waals surface area (Å²) < 4.78 is 23.3. The second kappa shape index (κ2) is 10.1. The molecule has 2 aromatic carbocycles. The highest BCUT2D eigenvalue weighted by Gasteiger charge is 2.16. The van der Waals surface area contributed by atoms with Crippen molar-refractivity contribution in [3.8, 4) is 11.3 Å². The number of hydrogen-bond donors (Lipinski definition) is 3. The van der Waals surface area contributed by atoms with E-state index in [-0.39, 0.29) is 15.5 Å². The van der Waals surface area contributed by atoms with Gasteiger partial charge in [0, 0.05) is 29.8 Å². The highest BCUT2D eigenvalue weighted by molar-refractivity contribution is 7.90. The topological polar surface area (TPSA) is 125 Å². The lowest BCUT2D eigenvalue weighted by Gasteiger charge is -2.11. The Hall–Kier alpha value is -3.24. The molecule has 3 aromatic rings. The molecule has 0 fully saturated rings. The molecule has 170 valence electrons. The summed E-state index contributed by atoms with van der Waals surface area (Å²) in [5, 5.41) is 11.6. The first-order chi connectivity index (χ1) is 15.6. The minimum Gasteiger partial charge on any atom is -0.322 e. The number of anilines is 1. The Kier molecular flexibility index (Phi) is 7.50. The van der Waals surface area contributed by atoms with E-state index in [1.54, 1.807) is 30.3 Å². The van der Waals surface area contributed by atoms with Crippen molar-refractivity contribution in [2.45, 2.75) is 4.90 Å². The molecule has 0 unspecified atom stereocenters. The summed E-state index contributed by atoms with van der Waals surface area (Å²) in [7, 11) is -3.45. The minimum atomic E-state index is -3.45. The zero-order valence-electron chi connectivity index (χ0n) is 17.0. The molecule has 1 heterocycles. The van der Waals surface area contributed by atoms with Crippen LogP contribution in [0.25, 0.3) is 17.3 Å². The molecule has 1 aromatic heterocycles. The summed E-state index contributed by atoms with van der Waals surface area (Å²) in [4.78, 5) is 28.1. The number of hydrogen-bond acceptors (Lipinski definition) is 6. The lowest BCUT2D eigenvalue weighted by molar-refractivity contribution is -0.124. The van der Waals surface area contributed by atoms with Crippen LogP contribution in [0.15, 0.2) is 65.7 Å². The van der Waals surface area contributed by atoms with Crippen LogP contribution in [0, 0.1) is 0 Å². The third-order valence-corrected chi connectivity index (χ3v) is 6.19. The molecule has 33 heavy (non-hydrogen) atoms. The first kappa shape index (κ1) is 24.4. The monoisotopic (exact) mass is 505 g/mol. The highest BCUT2D eigenvalue weighted by Crippen LogP contribution is 2.30. The van der Waals surface area contributed by atoms with Crippen LogP contribution in [0.1, 0.15) is 15.9 Å². The standard InChI is InChI=1S/C22H17Cl2N3O5S/c1-33(31,32)15-5-6-16(19(24)11-15)22(29)26-14-4-7-18(23)17(10-14)20-8-2-13(12-25-20)3-9-21(28)27-30/h2-12,30H,1H3,(H,26,29)(H,27,28)/b9-3+. The molecule has 0 aliphatic heterocycles. The largest absolute Gasteiger partial charge is 0.322 e. The van der Waals surface area contributed by atoms with Crippen molar-refractivity contribution in [1.82, 2.24) is 10.5 Å². The molecule has 3 N–H and O–H groups in total. The first-order valence-electron chi connectivity index (χ1n) is 9.27. The quantitative estimate of drug-likeness (QED) is 0.261. The maximum absolute atomic E-state index is 12.7. The van der Waals surface area contributed by atoms with Crippen molar-refractivity contribution >= 4 is 56.6 Å². The fourth-order valence-electron chi connectivity index (χ4n) is 2.78. The number of amides is 2. The van der Waals surface area contributed by atoms with Gasteiger partial charge in [-0.2, -0.15) is 0 Å². The predicted molar refractivity (Wildman–Crippen MR) is 126 cm³/mol. The molecule has 0 aliphatic rings. The summed E-state index contributed by atoms with van der Waals surface area (Å²) in [5.41, 5.74) is 3.73. The van der Waals surface area contributed by atoms with Gasteiger partial charge in [0.05, 0.1) is 26.2 Å². The third kappa shape index (κ3) is 6.17. The van der Waals surface area contributed by atoms with Gasteiger partial charge < -0.3 is 5.32 Å². The number of nitrogens with one attached hydrogen (secondary N) is 2. The van der Waals surface area contributed by atoms with Crippen molar-refractivity contribution in [2.24, 2.45) is 0 Å². The smallest absolute Gasteiger partial charge is 0.267 e. The molecule has 0 aliphatic carbocycles. The van der Waals surface area contributed by atoms with Gasteiger partial charge in [0.2, 0.25) is 0 Å². The number of hydroxylamine groups is 1. The zero-order valence-corrected chi connectivity index (χ0v) is 19.4. The van der Waals surface area contributed by atoms with E-state index in [0.29, 0.717) is 27.5 Å². The molecule has 0 saturated heterocycles. The van der Waals surface area contributed by atoms with E-state index in [1.807, 2.05) is 0 Å². The van der Waals surface area contributed by atoms with Crippen LogP contribution < -0.4 is 10.8 Å². The van der Waals surface area contributed by atoms with Crippen LogP contribution in [-0.2, 0) is 14.6 Å². The summed E-state index contributed by atoms with van der Waals surface area (Å²) in [6.07, 6.45) is 5.18. The average molecular weight is 506 g/mol. The molecular formula is C22H17Cl2N3O5S. The number of carbonyl (C=O) groups is 2. The average Bonchev–Trinajstić information content (AvgIpc) is 2.78. The van der Waals surface area contributed by atoms with Gasteiger partial charge in [-0.3, -0.25) is 19.8 Å². The van der Waals surface area contributed by atoms with Crippen LogP contribution in [0.5, 0.6) is 0 Å². The van der Waals surface area contributed by atoms with Crippen molar-refractivity contribution < 1.29 is 23.2 Å². The van der Waals surface area contributed by atoms with E-state index in [2.05, 4.69) is 10.3 Å². The van der Waals surface area contributed by atoms with Gasteiger partial charge in [0.25, 0.3) is 11.8 Å². The molecule has 8 nitrogen and oxygen atoms in total. The number of benzene rings is 2. The molecule has 0 radical (unpaired) electrons. The molecule has 0 bridgehead atoms. The van der Waals surface area contributed by atoms with Gasteiger partial charge in [-0.15, -0.1) is 0 Å². The van der Waals surface area contributed by atoms with Crippen LogP contribution in [0.4, 0.5) is 5.69 Å². The number of halogens is 2. The zero-order chi connectivity index (χ0) is 24.2. The minimum absolute atomic E-state index is 0.00445. The van der Waals surface area contributed by atoms with Gasteiger partial charge in [0.1, 0.15) is 0 Å². The van der Waals surface area contributed by atoms with Crippen LogP contribution in [0.3, 0.4) is 0 Å². The second-order valence-corrected chi connectivity index (χ2v) is 9.68. The lowest BCUT2D eigenvalue weighted by atomic mass is 10.1. The fourth-order valence-corrected chi connectivity index (χ4v) is 3.97. The molecule has 3 rings (SSSR count). The molecular weight excluding hydrogens is 489 g/mol. The van der Waals surface area contributed by atoms with Crippen molar-refractivity contribution in [3.63, 3.8) is 0 Å². The summed E-state index contributed by atoms with van der Waals surface area (Å²) >= 11 is 12.4.